The molecule has 24 heavy (non-hydrogen) atoms. The molecule has 0 aromatic heterocycles. The minimum Gasteiger partial charge on any atom is -0.426 e. The van der Waals surface area contributed by atoms with Gasteiger partial charge in [0, 0.05) is 12.6 Å². The highest BCUT2D eigenvalue weighted by molar-refractivity contribution is 6.43. The van der Waals surface area contributed by atoms with Crippen LogP contribution in [0.2, 0.25) is 0 Å². The summed E-state index contributed by atoms with van der Waals surface area (Å²) in [5.41, 5.74) is 1.39. The molecule has 1 aliphatic heterocycles. The lowest BCUT2D eigenvalue weighted by atomic mass is 9.78. The summed E-state index contributed by atoms with van der Waals surface area (Å²) in [5, 5.41) is 22.1. The molecule has 1 heterocycles. The maximum absolute atomic E-state index is 12.3. The van der Waals surface area contributed by atoms with Gasteiger partial charge in [-0.25, -0.2) is 0 Å². The Balaban J connectivity index is 1.42. The molecular weight excluding hydrogens is 303 g/mol. The quantitative estimate of drug-likeness (QED) is 0.680. The summed E-state index contributed by atoms with van der Waals surface area (Å²) in [6.45, 7) is 0.927. The average Bonchev–Trinajstić information content (AvgIpc) is 3.23. The lowest BCUT2D eigenvalue weighted by Gasteiger charge is -2.25. The van der Waals surface area contributed by atoms with Crippen molar-refractivity contribution in [1.29, 1.82) is 0 Å². The van der Waals surface area contributed by atoms with E-state index in [4.69, 9.17) is 0 Å². The Bertz CT molecular complexity index is 540. The van der Waals surface area contributed by atoms with Crippen LogP contribution < -0.4 is 5.32 Å². The van der Waals surface area contributed by atoms with Gasteiger partial charge in [-0.1, -0.05) is 30.3 Å². The molecule has 1 amide bonds. The third kappa shape index (κ3) is 4.38. The summed E-state index contributed by atoms with van der Waals surface area (Å²) in [6, 6.07) is 11.0. The van der Waals surface area contributed by atoms with Crippen molar-refractivity contribution in [2.24, 2.45) is 5.92 Å². The Labute approximate surface area is 144 Å². The van der Waals surface area contributed by atoms with Crippen LogP contribution in [0.5, 0.6) is 0 Å². The smallest absolute Gasteiger partial charge is 0.426 e. The first kappa shape index (κ1) is 17.5. The molecule has 6 heteroatoms. The third-order valence-electron chi connectivity index (χ3n) is 5.41. The molecule has 3 atom stereocenters. The number of nitrogens with zero attached hydrogens (tertiary/aromatic N) is 1. The number of carbonyl (C=O) groups excluding carboxylic acids is 1. The van der Waals surface area contributed by atoms with E-state index in [1.807, 2.05) is 6.07 Å². The molecule has 1 aliphatic carbocycles. The fraction of sp³-hybridized carbons (Fsp3) is 0.611. The average molecular weight is 330 g/mol. The van der Waals surface area contributed by atoms with Crippen LogP contribution in [0.1, 0.15) is 37.7 Å². The Morgan fingerprint density at radius 2 is 2.00 bits per heavy atom. The van der Waals surface area contributed by atoms with Crippen LogP contribution in [0.3, 0.4) is 0 Å². The van der Waals surface area contributed by atoms with E-state index >= 15 is 0 Å². The largest absolute Gasteiger partial charge is 0.475 e. The van der Waals surface area contributed by atoms with Crippen molar-refractivity contribution in [2.45, 2.75) is 50.5 Å². The zero-order chi connectivity index (χ0) is 16.9. The molecule has 1 aromatic carbocycles. The van der Waals surface area contributed by atoms with Crippen LogP contribution in [-0.4, -0.2) is 53.0 Å². The standard InChI is InChI=1S/C18H27BN2O3/c22-18(21-10-4-7-17(21)19(23)24)13-20-16-9-8-15(12-16)11-14-5-2-1-3-6-14/h1-3,5-6,15-17,20,23-24H,4,7-13H2/t15?,16-,17+/m1/s1. The van der Waals surface area contributed by atoms with Crippen LogP contribution in [-0.2, 0) is 11.2 Å². The molecule has 1 aromatic rings. The monoisotopic (exact) mass is 330 g/mol. The van der Waals surface area contributed by atoms with Gasteiger partial charge in [-0.3, -0.25) is 4.79 Å². The van der Waals surface area contributed by atoms with E-state index in [0.29, 0.717) is 31.5 Å². The van der Waals surface area contributed by atoms with E-state index in [1.165, 1.54) is 12.0 Å². The Kier molecular flexibility index (Phi) is 5.92. The van der Waals surface area contributed by atoms with Crippen molar-refractivity contribution in [3.05, 3.63) is 35.9 Å². The van der Waals surface area contributed by atoms with Gasteiger partial charge in [0.25, 0.3) is 0 Å². The second-order valence-corrected chi connectivity index (χ2v) is 7.16. The number of hydrogen-bond donors (Lipinski definition) is 3. The molecule has 1 saturated heterocycles. The van der Waals surface area contributed by atoms with Gasteiger partial charge in [0.1, 0.15) is 0 Å². The lowest BCUT2D eigenvalue weighted by Crippen LogP contribution is -2.49. The predicted octanol–water partition coefficient (Wildman–Crippen LogP) is 0.990. The minimum absolute atomic E-state index is 0.0166. The maximum atomic E-state index is 12.3. The van der Waals surface area contributed by atoms with E-state index in [9.17, 15) is 14.8 Å². The van der Waals surface area contributed by atoms with Gasteiger partial charge in [0.2, 0.25) is 5.91 Å². The molecule has 0 bridgehead atoms. The first-order valence-corrected chi connectivity index (χ1v) is 9.06. The predicted molar refractivity (Wildman–Crippen MR) is 94.2 cm³/mol. The van der Waals surface area contributed by atoms with Crippen molar-refractivity contribution in [3.63, 3.8) is 0 Å². The summed E-state index contributed by atoms with van der Waals surface area (Å²) in [4.78, 5) is 13.9. The summed E-state index contributed by atoms with van der Waals surface area (Å²) in [5.74, 6) is 0.226. The van der Waals surface area contributed by atoms with Gasteiger partial charge in [-0.15, -0.1) is 0 Å². The molecule has 0 radical (unpaired) electrons. The van der Waals surface area contributed by atoms with E-state index in [2.05, 4.69) is 29.6 Å². The summed E-state index contributed by atoms with van der Waals surface area (Å²) in [7, 11) is -1.43. The van der Waals surface area contributed by atoms with Gasteiger partial charge in [-0.2, -0.15) is 0 Å². The van der Waals surface area contributed by atoms with E-state index in [0.717, 1.165) is 25.7 Å². The van der Waals surface area contributed by atoms with E-state index < -0.39 is 13.1 Å². The number of benzene rings is 1. The number of amides is 1. The fourth-order valence-corrected chi connectivity index (χ4v) is 4.14. The SMILES string of the molecule is O=C(CN[C@@H]1CCC(Cc2ccccc2)C1)N1CCC[C@H]1B(O)O. The van der Waals surface area contributed by atoms with Crippen molar-refractivity contribution < 1.29 is 14.8 Å². The number of nitrogens with one attached hydrogen (secondary N) is 1. The molecule has 2 aliphatic rings. The Hall–Kier alpha value is -1.37. The highest BCUT2D eigenvalue weighted by atomic mass is 16.4. The summed E-state index contributed by atoms with van der Waals surface area (Å²) >= 11 is 0. The highest BCUT2D eigenvalue weighted by Gasteiger charge is 2.36. The topological polar surface area (TPSA) is 72.8 Å². The highest BCUT2D eigenvalue weighted by Crippen LogP contribution is 2.28. The molecule has 5 nitrogen and oxygen atoms in total. The van der Waals surface area contributed by atoms with Crippen LogP contribution in [0.4, 0.5) is 0 Å². The van der Waals surface area contributed by atoms with Crippen molar-refractivity contribution in [2.75, 3.05) is 13.1 Å². The molecule has 130 valence electrons. The van der Waals surface area contributed by atoms with Crippen molar-refractivity contribution in [3.8, 4) is 0 Å². The Morgan fingerprint density at radius 3 is 2.75 bits per heavy atom. The van der Waals surface area contributed by atoms with Crippen LogP contribution in [0.25, 0.3) is 0 Å². The molecule has 1 saturated carbocycles. The molecular formula is C18H27BN2O3. The minimum atomic E-state index is -1.43. The van der Waals surface area contributed by atoms with Gasteiger partial charge in [0.15, 0.2) is 0 Å². The summed E-state index contributed by atoms with van der Waals surface area (Å²) < 4.78 is 0. The normalized spacial score (nSPS) is 26.8. The maximum Gasteiger partial charge on any atom is 0.475 e. The molecule has 2 fully saturated rings. The van der Waals surface area contributed by atoms with E-state index in [-0.39, 0.29) is 5.91 Å². The second-order valence-electron chi connectivity index (χ2n) is 7.16. The molecule has 3 N–H and O–H groups in total. The number of likely N-dealkylation sites (tertiary alicyclic amines) is 1. The number of rotatable bonds is 6. The zero-order valence-corrected chi connectivity index (χ0v) is 14.1. The Morgan fingerprint density at radius 1 is 1.21 bits per heavy atom. The second kappa shape index (κ2) is 8.14. The first-order valence-electron chi connectivity index (χ1n) is 9.06. The fourth-order valence-electron chi connectivity index (χ4n) is 4.14. The van der Waals surface area contributed by atoms with Crippen molar-refractivity contribution >= 4 is 13.0 Å². The molecule has 1 unspecified atom stereocenters. The van der Waals surface area contributed by atoms with Gasteiger partial charge in [-0.05, 0) is 50.0 Å². The molecule has 3 rings (SSSR count). The number of hydrogen-bond acceptors (Lipinski definition) is 4. The molecule has 0 spiro atoms. The summed E-state index contributed by atoms with van der Waals surface area (Å²) in [6.07, 6.45) is 6.04. The van der Waals surface area contributed by atoms with Crippen LogP contribution >= 0.6 is 0 Å². The van der Waals surface area contributed by atoms with E-state index in [1.54, 1.807) is 4.90 Å². The van der Waals surface area contributed by atoms with Crippen LogP contribution in [0.15, 0.2) is 30.3 Å². The third-order valence-corrected chi connectivity index (χ3v) is 5.41. The van der Waals surface area contributed by atoms with Crippen LogP contribution in [0, 0.1) is 5.92 Å². The van der Waals surface area contributed by atoms with Gasteiger partial charge < -0.3 is 20.3 Å². The van der Waals surface area contributed by atoms with Crippen molar-refractivity contribution in [1.82, 2.24) is 10.2 Å². The number of carbonyl (C=O) groups is 1. The first-order chi connectivity index (χ1) is 11.6. The van der Waals surface area contributed by atoms with Gasteiger partial charge >= 0.3 is 7.12 Å². The zero-order valence-electron chi connectivity index (χ0n) is 14.1. The van der Waals surface area contributed by atoms with Gasteiger partial charge in [0.05, 0.1) is 12.5 Å². The lowest BCUT2D eigenvalue weighted by molar-refractivity contribution is -0.130.